The predicted octanol–water partition coefficient (Wildman–Crippen LogP) is 1.65. The lowest BCUT2D eigenvalue weighted by Gasteiger charge is -2.08. The molecular formula is C11H8O5. The highest BCUT2D eigenvalue weighted by molar-refractivity contribution is 6.08. The summed E-state index contributed by atoms with van der Waals surface area (Å²) < 4.78 is 0. The minimum Gasteiger partial charge on any atom is -0.507 e. The summed E-state index contributed by atoms with van der Waals surface area (Å²) in [5.74, 6) is -2.81. The number of hydrogen-bond donors (Lipinski definition) is 4. The summed E-state index contributed by atoms with van der Waals surface area (Å²) in [6.45, 7) is 0. The Labute approximate surface area is 89.8 Å². The number of hydrogen-bond acceptors (Lipinski definition) is 4. The van der Waals surface area contributed by atoms with Crippen LogP contribution in [0.4, 0.5) is 0 Å². The third kappa shape index (κ3) is 1.30. The molecule has 0 radical (unpaired) electrons. The Morgan fingerprint density at radius 1 is 1.00 bits per heavy atom. The Kier molecular flexibility index (Phi) is 2.09. The van der Waals surface area contributed by atoms with Crippen molar-refractivity contribution in [2.75, 3.05) is 0 Å². The van der Waals surface area contributed by atoms with Crippen molar-refractivity contribution in [2.45, 2.75) is 0 Å². The summed E-state index contributed by atoms with van der Waals surface area (Å²) in [6, 6.07) is 5.38. The first-order valence-corrected chi connectivity index (χ1v) is 4.42. The van der Waals surface area contributed by atoms with Gasteiger partial charge in [-0.25, -0.2) is 4.79 Å². The Morgan fingerprint density at radius 2 is 1.69 bits per heavy atom. The number of benzene rings is 2. The summed E-state index contributed by atoms with van der Waals surface area (Å²) in [4.78, 5) is 10.9. The average molecular weight is 220 g/mol. The van der Waals surface area contributed by atoms with E-state index in [1.807, 2.05) is 0 Å². The van der Waals surface area contributed by atoms with Crippen LogP contribution in [0.3, 0.4) is 0 Å². The van der Waals surface area contributed by atoms with E-state index >= 15 is 0 Å². The molecule has 5 heteroatoms. The van der Waals surface area contributed by atoms with E-state index in [9.17, 15) is 20.1 Å². The molecule has 0 saturated heterocycles. The average Bonchev–Trinajstić information content (AvgIpc) is 2.21. The number of carboxylic acid groups (broad SMARTS) is 1. The van der Waals surface area contributed by atoms with Crippen LogP contribution in [0.5, 0.6) is 17.2 Å². The second kappa shape index (κ2) is 3.30. The largest absolute Gasteiger partial charge is 0.507 e. The van der Waals surface area contributed by atoms with Crippen molar-refractivity contribution in [1.82, 2.24) is 0 Å². The summed E-state index contributed by atoms with van der Waals surface area (Å²) in [7, 11) is 0. The molecule has 0 atom stereocenters. The van der Waals surface area contributed by atoms with Crippen molar-refractivity contribution in [3.8, 4) is 17.2 Å². The zero-order valence-electron chi connectivity index (χ0n) is 8.01. The van der Waals surface area contributed by atoms with Crippen molar-refractivity contribution >= 4 is 16.7 Å². The van der Waals surface area contributed by atoms with Gasteiger partial charge < -0.3 is 20.4 Å². The Bertz CT molecular complexity index is 588. The van der Waals surface area contributed by atoms with Crippen LogP contribution in [0.15, 0.2) is 24.3 Å². The molecule has 0 saturated carbocycles. The van der Waals surface area contributed by atoms with E-state index in [-0.39, 0.29) is 16.5 Å². The van der Waals surface area contributed by atoms with Crippen LogP contribution in [-0.2, 0) is 0 Å². The fourth-order valence-electron chi connectivity index (χ4n) is 1.60. The molecule has 0 aromatic heterocycles. The number of phenols is 3. The zero-order valence-corrected chi connectivity index (χ0v) is 8.01. The van der Waals surface area contributed by atoms with E-state index < -0.39 is 23.0 Å². The van der Waals surface area contributed by atoms with Gasteiger partial charge in [-0.1, -0.05) is 12.1 Å². The Balaban J connectivity index is 3.00. The number of carbonyl (C=O) groups is 1. The second-order valence-electron chi connectivity index (χ2n) is 3.30. The Hall–Kier alpha value is -2.43. The van der Waals surface area contributed by atoms with Gasteiger partial charge in [0.05, 0.1) is 0 Å². The fourth-order valence-corrected chi connectivity index (χ4v) is 1.60. The zero-order chi connectivity index (χ0) is 11.9. The van der Waals surface area contributed by atoms with Crippen LogP contribution in [0.2, 0.25) is 0 Å². The molecule has 2 aromatic carbocycles. The summed E-state index contributed by atoms with van der Waals surface area (Å²) in [5.41, 5.74) is -0.425. The first-order valence-electron chi connectivity index (χ1n) is 4.42. The van der Waals surface area contributed by atoms with Gasteiger partial charge in [0.25, 0.3) is 0 Å². The van der Waals surface area contributed by atoms with Crippen LogP contribution >= 0.6 is 0 Å². The number of carboxylic acids is 1. The second-order valence-corrected chi connectivity index (χ2v) is 3.30. The van der Waals surface area contributed by atoms with Crippen LogP contribution in [-0.4, -0.2) is 26.4 Å². The third-order valence-corrected chi connectivity index (χ3v) is 2.33. The molecule has 0 heterocycles. The molecule has 0 unspecified atom stereocenters. The fraction of sp³-hybridized carbons (Fsp3) is 0. The lowest BCUT2D eigenvalue weighted by Crippen LogP contribution is -1.98. The summed E-state index contributed by atoms with van der Waals surface area (Å²) in [5, 5.41) is 37.6. The van der Waals surface area contributed by atoms with E-state index in [4.69, 9.17) is 5.11 Å². The smallest absolute Gasteiger partial charge is 0.340 e. The maximum absolute atomic E-state index is 10.9. The van der Waals surface area contributed by atoms with Gasteiger partial charge in [0.1, 0.15) is 11.3 Å². The van der Waals surface area contributed by atoms with Gasteiger partial charge in [-0.2, -0.15) is 0 Å². The molecule has 0 amide bonds. The van der Waals surface area contributed by atoms with Gasteiger partial charge in [0.2, 0.25) is 0 Å². The molecule has 4 N–H and O–H groups in total. The van der Waals surface area contributed by atoms with Gasteiger partial charge in [-0.05, 0) is 12.1 Å². The molecule has 0 aliphatic heterocycles. The van der Waals surface area contributed by atoms with Gasteiger partial charge in [-0.15, -0.1) is 0 Å². The van der Waals surface area contributed by atoms with E-state index in [1.165, 1.54) is 18.2 Å². The highest BCUT2D eigenvalue weighted by atomic mass is 16.4. The van der Waals surface area contributed by atoms with Crippen molar-refractivity contribution < 1.29 is 25.2 Å². The van der Waals surface area contributed by atoms with E-state index in [0.717, 1.165) is 6.07 Å². The standard InChI is InChI=1S/C11H8O5/c12-7-3-1-2-5-6(7)4-8(13)10(14)9(5)11(15)16/h1-4,12-14H,(H,15,16). The van der Waals surface area contributed by atoms with Crippen molar-refractivity contribution in [1.29, 1.82) is 0 Å². The third-order valence-electron chi connectivity index (χ3n) is 2.33. The van der Waals surface area contributed by atoms with Gasteiger partial charge in [0.15, 0.2) is 11.5 Å². The number of aromatic carboxylic acids is 1. The quantitative estimate of drug-likeness (QED) is 0.548. The minimum absolute atomic E-state index is 0.157. The van der Waals surface area contributed by atoms with Crippen molar-refractivity contribution in [3.63, 3.8) is 0 Å². The molecular weight excluding hydrogens is 212 g/mol. The van der Waals surface area contributed by atoms with E-state index in [2.05, 4.69) is 0 Å². The maximum atomic E-state index is 10.9. The van der Waals surface area contributed by atoms with Gasteiger partial charge >= 0.3 is 5.97 Å². The van der Waals surface area contributed by atoms with Crippen LogP contribution < -0.4 is 0 Å². The number of phenolic OH excluding ortho intramolecular Hbond substituents is 2. The lowest BCUT2D eigenvalue weighted by atomic mass is 10.0. The van der Waals surface area contributed by atoms with E-state index in [1.54, 1.807) is 0 Å². The minimum atomic E-state index is -1.37. The van der Waals surface area contributed by atoms with Crippen LogP contribution in [0, 0.1) is 0 Å². The molecule has 0 bridgehead atoms. The number of aromatic hydroxyl groups is 3. The normalized spacial score (nSPS) is 10.5. The number of fused-ring (bicyclic) bond motifs is 1. The Morgan fingerprint density at radius 3 is 2.31 bits per heavy atom. The molecule has 2 aromatic rings. The lowest BCUT2D eigenvalue weighted by molar-refractivity contribution is 0.0695. The molecule has 2 rings (SSSR count). The molecule has 16 heavy (non-hydrogen) atoms. The van der Waals surface area contributed by atoms with Crippen molar-refractivity contribution in [3.05, 3.63) is 29.8 Å². The molecule has 5 nitrogen and oxygen atoms in total. The predicted molar refractivity (Wildman–Crippen MR) is 55.9 cm³/mol. The van der Waals surface area contributed by atoms with Gasteiger partial charge in [0, 0.05) is 10.8 Å². The van der Waals surface area contributed by atoms with Crippen molar-refractivity contribution in [2.24, 2.45) is 0 Å². The molecule has 0 spiro atoms. The van der Waals surface area contributed by atoms with Crippen LogP contribution in [0.25, 0.3) is 10.8 Å². The highest BCUT2D eigenvalue weighted by Gasteiger charge is 2.19. The van der Waals surface area contributed by atoms with E-state index in [0.29, 0.717) is 0 Å². The SMILES string of the molecule is O=C(O)c1c(O)c(O)cc2c(O)cccc12. The first-order chi connectivity index (χ1) is 7.52. The highest BCUT2D eigenvalue weighted by Crippen LogP contribution is 2.38. The summed E-state index contributed by atoms with van der Waals surface area (Å²) >= 11 is 0. The van der Waals surface area contributed by atoms with Crippen LogP contribution in [0.1, 0.15) is 10.4 Å². The van der Waals surface area contributed by atoms with Gasteiger partial charge in [-0.3, -0.25) is 0 Å². The molecule has 0 fully saturated rings. The molecule has 82 valence electrons. The molecule has 0 aliphatic rings. The monoisotopic (exact) mass is 220 g/mol. The maximum Gasteiger partial charge on any atom is 0.340 e. The molecule has 0 aliphatic carbocycles. The number of rotatable bonds is 1. The topological polar surface area (TPSA) is 98.0 Å². The summed E-state index contributed by atoms with van der Waals surface area (Å²) in [6.07, 6.45) is 0. The first kappa shape index (κ1) is 10.1.